The van der Waals surface area contributed by atoms with Gasteiger partial charge in [-0.25, -0.2) is 4.79 Å². The molecule has 1 atom stereocenters. The third kappa shape index (κ3) is 4.24. The maximum Gasteiger partial charge on any atom is 0.318 e. The molecule has 0 radical (unpaired) electrons. The molecule has 2 aliphatic rings. The average molecular weight is 330 g/mol. The van der Waals surface area contributed by atoms with Crippen molar-refractivity contribution in [3.05, 3.63) is 30.1 Å². The van der Waals surface area contributed by atoms with Crippen molar-refractivity contribution in [3.63, 3.8) is 0 Å². The highest BCUT2D eigenvalue weighted by Crippen LogP contribution is 2.39. The number of carbonyl (C=O) groups excluding carboxylic acids is 2. The molecule has 6 heteroatoms. The molecule has 2 fully saturated rings. The Morgan fingerprint density at radius 1 is 1.50 bits per heavy atom. The largest absolute Gasteiger partial charge is 0.352 e. The molecule has 3 rings (SSSR count). The Balaban J connectivity index is 1.66. The molecule has 1 aromatic rings. The molecule has 0 unspecified atom stereocenters. The number of amides is 3. The molecule has 2 heterocycles. The van der Waals surface area contributed by atoms with Gasteiger partial charge in [0.2, 0.25) is 5.91 Å². The Hall–Kier alpha value is -2.11. The van der Waals surface area contributed by atoms with Crippen LogP contribution in [0.2, 0.25) is 0 Å². The van der Waals surface area contributed by atoms with E-state index in [-0.39, 0.29) is 23.5 Å². The summed E-state index contributed by atoms with van der Waals surface area (Å²) in [4.78, 5) is 30.2. The molecular formula is C18H26N4O2. The lowest BCUT2D eigenvalue weighted by molar-refractivity contribution is -0.119. The van der Waals surface area contributed by atoms with Crippen molar-refractivity contribution >= 4 is 11.9 Å². The van der Waals surface area contributed by atoms with E-state index in [2.05, 4.69) is 22.5 Å². The number of carbonyl (C=O) groups is 2. The third-order valence-electron chi connectivity index (χ3n) is 4.86. The van der Waals surface area contributed by atoms with Crippen LogP contribution in [0.15, 0.2) is 24.5 Å². The summed E-state index contributed by atoms with van der Waals surface area (Å²) in [7, 11) is 0. The van der Waals surface area contributed by atoms with Gasteiger partial charge in [-0.3, -0.25) is 9.78 Å². The van der Waals surface area contributed by atoms with Crippen LogP contribution in [0.5, 0.6) is 0 Å². The Morgan fingerprint density at radius 2 is 2.33 bits per heavy atom. The minimum absolute atomic E-state index is 0.00204. The van der Waals surface area contributed by atoms with Gasteiger partial charge >= 0.3 is 6.03 Å². The third-order valence-corrected chi connectivity index (χ3v) is 4.86. The summed E-state index contributed by atoms with van der Waals surface area (Å²) in [6.45, 7) is 3.19. The summed E-state index contributed by atoms with van der Waals surface area (Å²) in [5, 5.41) is 6.18. The van der Waals surface area contributed by atoms with E-state index >= 15 is 0 Å². The monoisotopic (exact) mass is 330 g/mol. The standard InChI is InChI=1S/C18H26N4O2/c1-2-7-18(8-9-18)21-17(24)22(12-14-4-3-10-19-11-14)13-15-5-6-16(23)20-15/h3-4,10-11,15H,2,5-9,12-13H2,1H3,(H,20,23)(H,21,24)/t15-/m0/s1. The second-order valence-corrected chi connectivity index (χ2v) is 7.01. The van der Waals surface area contributed by atoms with Gasteiger partial charge in [0.05, 0.1) is 0 Å². The van der Waals surface area contributed by atoms with Crippen molar-refractivity contribution in [3.8, 4) is 0 Å². The maximum atomic E-state index is 12.8. The number of hydrogen-bond acceptors (Lipinski definition) is 3. The lowest BCUT2D eigenvalue weighted by atomic mass is 10.1. The fourth-order valence-corrected chi connectivity index (χ4v) is 3.38. The van der Waals surface area contributed by atoms with Gasteiger partial charge in [-0.05, 0) is 37.3 Å². The normalized spacial score (nSPS) is 21.2. The lowest BCUT2D eigenvalue weighted by Gasteiger charge is -2.28. The summed E-state index contributed by atoms with van der Waals surface area (Å²) in [6, 6.07) is 3.86. The molecule has 1 aromatic heterocycles. The fourth-order valence-electron chi connectivity index (χ4n) is 3.38. The first kappa shape index (κ1) is 16.7. The fraction of sp³-hybridized carbons (Fsp3) is 0.611. The predicted octanol–water partition coefficient (Wildman–Crippen LogP) is 2.20. The summed E-state index contributed by atoms with van der Waals surface area (Å²) in [6.07, 6.45) is 9.07. The summed E-state index contributed by atoms with van der Waals surface area (Å²) in [5.41, 5.74) is 0.995. The van der Waals surface area contributed by atoms with Gasteiger partial charge in [-0.2, -0.15) is 0 Å². The molecular weight excluding hydrogens is 304 g/mol. The lowest BCUT2D eigenvalue weighted by Crippen LogP contribution is -2.49. The molecule has 0 spiro atoms. The number of nitrogens with zero attached hydrogens (tertiary/aromatic N) is 2. The molecule has 1 saturated carbocycles. The molecule has 3 amide bonds. The van der Waals surface area contributed by atoms with Gasteiger partial charge in [-0.15, -0.1) is 0 Å². The van der Waals surface area contributed by atoms with Crippen LogP contribution < -0.4 is 10.6 Å². The zero-order chi connectivity index (χ0) is 17.0. The van der Waals surface area contributed by atoms with Crippen LogP contribution in [-0.4, -0.2) is 39.9 Å². The van der Waals surface area contributed by atoms with Crippen LogP contribution in [0.1, 0.15) is 51.0 Å². The van der Waals surface area contributed by atoms with Crippen molar-refractivity contribution in [2.45, 2.75) is 63.6 Å². The zero-order valence-corrected chi connectivity index (χ0v) is 14.3. The van der Waals surface area contributed by atoms with Gasteiger partial charge < -0.3 is 15.5 Å². The second kappa shape index (κ2) is 7.20. The highest BCUT2D eigenvalue weighted by Gasteiger charge is 2.43. The first-order valence-corrected chi connectivity index (χ1v) is 8.85. The Morgan fingerprint density at radius 3 is 2.92 bits per heavy atom. The van der Waals surface area contributed by atoms with Crippen LogP contribution in [0.3, 0.4) is 0 Å². The van der Waals surface area contributed by atoms with Crippen molar-refractivity contribution in [1.29, 1.82) is 0 Å². The smallest absolute Gasteiger partial charge is 0.318 e. The molecule has 130 valence electrons. The Bertz CT molecular complexity index is 586. The summed E-state index contributed by atoms with van der Waals surface area (Å²) < 4.78 is 0. The molecule has 24 heavy (non-hydrogen) atoms. The van der Waals surface area contributed by atoms with E-state index in [1.807, 2.05) is 17.0 Å². The van der Waals surface area contributed by atoms with Crippen molar-refractivity contribution in [2.75, 3.05) is 6.54 Å². The van der Waals surface area contributed by atoms with E-state index in [0.29, 0.717) is 19.5 Å². The van der Waals surface area contributed by atoms with Crippen LogP contribution in [0, 0.1) is 0 Å². The van der Waals surface area contributed by atoms with Crippen molar-refractivity contribution in [2.24, 2.45) is 0 Å². The molecule has 1 saturated heterocycles. The summed E-state index contributed by atoms with van der Waals surface area (Å²) in [5.74, 6) is 0.0754. The Labute approximate surface area is 143 Å². The van der Waals surface area contributed by atoms with Gasteiger partial charge in [0.1, 0.15) is 0 Å². The first-order valence-electron chi connectivity index (χ1n) is 8.85. The summed E-state index contributed by atoms with van der Waals surface area (Å²) >= 11 is 0. The number of pyridine rings is 1. The molecule has 0 bridgehead atoms. The predicted molar refractivity (Wildman–Crippen MR) is 91.2 cm³/mol. The van der Waals surface area contributed by atoms with E-state index in [9.17, 15) is 9.59 Å². The molecule has 0 aromatic carbocycles. The maximum absolute atomic E-state index is 12.8. The first-order chi connectivity index (χ1) is 11.6. The molecule has 1 aliphatic carbocycles. The van der Waals surface area contributed by atoms with E-state index in [1.54, 1.807) is 12.4 Å². The topological polar surface area (TPSA) is 74.3 Å². The van der Waals surface area contributed by atoms with Gasteiger partial charge in [0.15, 0.2) is 0 Å². The molecule has 2 N–H and O–H groups in total. The van der Waals surface area contributed by atoms with E-state index in [1.165, 1.54) is 0 Å². The van der Waals surface area contributed by atoms with Gasteiger partial charge in [-0.1, -0.05) is 19.4 Å². The van der Waals surface area contributed by atoms with Gasteiger partial charge in [0, 0.05) is 43.5 Å². The van der Waals surface area contributed by atoms with Crippen LogP contribution in [0.4, 0.5) is 4.79 Å². The second-order valence-electron chi connectivity index (χ2n) is 7.01. The quantitative estimate of drug-likeness (QED) is 0.805. The highest BCUT2D eigenvalue weighted by molar-refractivity contribution is 5.79. The molecule has 1 aliphatic heterocycles. The van der Waals surface area contributed by atoms with Crippen LogP contribution in [-0.2, 0) is 11.3 Å². The highest BCUT2D eigenvalue weighted by atomic mass is 16.2. The number of nitrogens with one attached hydrogen (secondary N) is 2. The van der Waals surface area contributed by atoms with E-state index < -0.39 is 0 Å². The van der Waals surface area contributed by atoms with E-state index in [0.717, 1.165) is 37.7 Å². The SMILES string of the molecule is CCCC1(NC(=O)N(Cc2cccnc2)C[C@@H]2CCC(=O)N2)CC1. The van der Waals surface area contributed by atoms with Crippen LogP contribution >= 0.6 is 0 Å². The number of urea groups is 1. The number of rotatable bonds is 7. The number of aromatic nitrogens is 1. The average Bonchev–Trinajstić information content (AvgIpc) is 3.19. The Kier molecular flexibility index (Phi) is 5.02. The van der Waals surface area contributed by atoms with Gasteiger partial charge in [0.25, 0.3) is 0 Å². The minimum atomic E-state index is -0.0362. The van der Waals surface area contributed by atoms with Crippen molar-refractivity contribution in [1.82, 2.24) is 20.5 Å². The van der Waals surface area contributed by atoms with Crippen LogP contribution in [0.25, 0.3) is 0 Å². The molecule has 6 nitrogen and oxygen atoms in total. The minimum Gasteiger partial charge on any atom is -0.352 e. The number of hydrogen-bond donors (Lipinski definition) is 2. The zero-order valence-electron chi connectivity index (χ0n) is 14.3. The van der Waals surface area contributed by atoms with E-state index in [4.69, 9.17) is 0 Å². The van der Waals surface area contributed by atoms with Crippen molar-refractivity contribution < 1.29 is 9.59 Å².